The zero-order chi connectivity index (χ0) is 13.6. The van der Waals surface area contributed by atoms with Crippen molar-refractivity contribution < 1.29 is 4.74 Å². The maximum absolute atomic E-state index is 5.37. The first-order valence-electron chi connectivity index (χ1n) is 6.76. The van der Waals surface area contributed by atoms with Crippen molar-refractivity contribution in [3.05, 3.63) is 29.3 Å². The van der Waals surface area contributed by atoms with Gasteiger partial charge in [0, 0.05) is 17.6 Å². The minimum absolute atomic E-state index is 0.816. The highest BCUT2D eigenvalue weighted by Gasteiger charge is 2.11. The van der Waals surface area contributed by atoms with Crippen LogP contribution in [0.25, 0.3) is 0 Å². The Kier molecular flexibility index (Phi) is 6.16. The maximum Gasteiger partial charge on any atom is 0.122 e. The molecule has 2 radical (unpaired) electrons. The fourth-order valence-corrected chi connectivity index (χ4v) is 6.03. The predicted molar refractivity (Wildman–Crippen MR) is 84.8 cm³/mol. The van der Waals surface area contributed by atoms with Crippen molar-refractivity contribution in [1.29, 1.82) is 0 Å². The summed E-state index contributed by atoms with van der Waals surface area (Å²) in [4.78, 5) is 0. The number of rotatable bonds is 7. The molecular formula is C15H26OSi2. The maximum atomic E-state index is 5.37. The lowest BCUT2D eigenvalue weighted by atomic mass is 10.1. The molecule has 1 nitrogen and oxygen atoms in total. The van der Waals surface area contributed by atoms with Gasteiger partial charge in [-0.15, -0.1) is 0 Å². The standard InChI is InChI=1S/C15H26OSi2/c1-13-8-9-14(11-15(13)16-2)7-6-10-17-12-18(3,4)5/h8-9,11H,6-7,10,12H2,1-5H3. The van der Waals surface area contributed by atoms with Crippen molar-refractivity contribution in [3.8, 4) is 5.75 Å². The largest absolute Gasteiger partial charge is 0.496 e. The predicted octanol–water partition coefficient (Wildman–Crippen LogP) is 4.35. The van der Waals surface area contributed by atoms with Crippen LogP contribution < -0.4 is 4.74 Å². The molecule has 1 rings (SSSR count). The average molecular weight is 279 g/mol. The molecule has 0 heterocycles. The molecule has 0 spiro atoms. The van der Waals surface area contributed by atoms with Crippen LogP contribution in [0.1, 0.15) is 17.5 Å². The first-order valence-corrected chi connectivity index (χ1v) is 11.9. The number of hydrogen-bond acceptors (Lipinski definition) is 1. The smallest absolute Gasteiger partial charge is 0.122 e. The lowest BCUT2D eigenvalue weighted by Gasteiger charge is -2.14. The molecule has 0 bridgehead atoms. The van der Waals surface area contributed by atoms with E-state index in [1.807, 2.05) is 0 Å². The van der Waals surface area contributed by atoms with Gasteiger partial charge in [0.25, 0.3) is 0 Å². The highest BCUT2D eigenvalue weighted by molar-refractivity contribution is 6.83. The second-order valence-electron chi connectivity index (χ2n) is 6.14. The van der Waals surface area contributed by atoms with Gasteiger partial charge in [0.1, 0.15) is 5.75 Å². The lowest BCUT2D eigenvalue weighted by Crippen LogP contribution is -2.22. The first kappa shape index (κ1) is 15.5. The van der Waals surface area contributed by atoms with Crippen molar-refractivity contribution in [2.45, 2.75) is 51.1 Å². The Hall–Kier alpha value is -0.546. The molecule has 0 unspecified atom stereocenters. The fraction of sp³-hybridized carbons (Fsp3) is 0.600. The molecule has 1 aromatic rings. The van der Waals surface area contributed by atoms with E-state index in [2.05, 4.69) is 44.8 Å². The third-order valence-corrected chi connectivity index (χ3v) is 8.90. The summed E-state index contributed by atoms with van der Waals surface area (Å²) < 4.78 is 5.37. The van der Waals surface area contributed by atoms with E-state index < -0.39 is 8.07 Å². The van der Waals surface area contributed by atoms with Crippen LogP contribution in [-0.4, -0.2) is 24.7 Å². The first-order chi connectivity index (χ1) is 8.42. The summed E-state index contributed by atoms with van der Waals surface area (Å²) in [5.74, 6) is 1.03. The Morgan fingerprint density at radius 2 is 1.94 bits per heavy atom. The van der Waals surface area contributed by atoms with Crippen molar-refractivity contribution >= 4 is 17.6 Å². The molecule has 0 N–H and O–H groups in total. The van der Waals surface area contributed by atoms with Gasteiger partial charge in [0.15, 0.2) is 0 Å². The highest BCUT2D eigenvalue weighted by Crippen LogP contribution is 2.20. The number of benzene rings is 1. The van der Waals surface area contributed by atoms with Gasteiger partial charge in [-0.05, 0) is 30.5 Å². The Bertz CT molecular complexity index is 369. The molecule has 0 aromatic heterocycles. The quantitative estimate of drug-likeness (QED) is 0.532. The minimum Gasteiger partial charge on any atom is -0.496 e. The molecule has 0 fully saturated rings. The van der Waals surface area contributed by atoms with E-state index in [1.54, 1.807) is 7.11 Å². The Balaban J connectivity index is 2.31. The van der Waals surface area contributed by atoms with E-state index in [1.165, 1.54) is 35.7 Å². The average Bonchev–Trinajstić information content (AvgIpc) is 2.29. The van der Waals surface area contributed by atoms with Crippen LogP contribution in [0, 0.1) is 6.92 Å². The van der Waals surface area contributed by atoms with Crippen LogP contribution in [0.2, 0.25) is 31.4 Å². The van der Waals surface area contributed by atoms with Crippen LogP contribution in [0.15, 0.2) is 18.2 Å². The number of aryl methyl sites for hydroxylation is 2. The normalized spacial score (nSPS) is 11.6. The molecule has 0 amide bonds. The van der Waals surface area contributed by atoms with E-state index in [9.17, 15) is 0 Å². The summed E-state index contributed by atoms with van der Waals surface area (Å²) in [5, 5.41) is 0. The monoisotopic (exact) mass is 278 g/mol. The van der Waals surface area contributed by atoms with Crippen LogP contribution in [-0.2, 0) is 6.42 Å². The molecule has 0 aliphatic rings. The van der Waals surface area contributed by atoms with Crippen molar-refractivity contribution in [2.75, 3.05) is 7.11 Å². The van der Waals surface area contributed by atoms with Gasteiger partial charge in [0.05, 0.1) is 7.11 Å². The van der Waals surface area contributed by atoms with E-state index in [4.69, 9.17) is 4.74 Å². The van der Waals surface area contributed by atoms with Gasteiger partial charge in [0.2, 0.25) is 0 Å². The van der Waals surface area contributed by atoms with Crippen molar-refractivity contribution in [2.24, 2.45) is 0 Å². The molecular weight excluding hydrogens is 252 g/mol. The zero-order valence-electron chi connectivity index (χ0n) is 12.5. The summed E-state index contributed by atoms with van der Waals surface area (Å²) in [7, 11) is 2.10. The minimum atomic E-state index is -0.816. The highest BCUT2D eigenvalue weighted by atomic mass is 28.4. The van der Waals surface area contributed by atoms with Crippen molar-refractivity contribution in [1.82, 2.24) is 0 Å². The van der Waals surface area contributed by atoms with E-state index >= 15 is 0 Å². The number of ether oxygens (including phenoxy) is 1. The zero-order valence-corrected chi connectivity index (χ0v) is 14.5. The summed E-state index contributed by atoms with van der Waals surface area (Å²) >= 11 is 0. The molecule has 0 aliphatic heterocycles. The van der Waals surface area contributed by atoms with Crippen molar-refractivity contribution in [3.63, 3.8) is 0 Å². The van der Waals surface area contributed by atoms with E-state index in [0.29, 0.717) is 0 Å². The Labute approximate surface area is 116 Å². The van der Waals surface area contributed by atoms with E-state index in [0.717, 1.165) is 15.3 Å². The molecule has 0 saturated heterocycles. The Morgan fingerprint density at radius 3 is 2.56 bits per heavy atom. The van der Waals surface area contributed by atoms with Gasteiger partial charge in [-0.25, -0.2) is 0 Å². The topological polar surface area (TPSA) is 9.23 Å². The molecule has 100 valence electrons. The summed E-state index contributed by atoms with van der Waals surface area (Å²) in [6.45, 7) is 9.48. The van der Waals surface area contributed by atoms with Gasteiger partial charge < -0.3 is 4.74 Å². The molecule has 3 heteroatoms. The van der Waals surface area contributed by atoms with Crippen LogP contribution >= 0.6 is 0 Å². The Morgan fingerprint density at radius 1 is 1.22 bits per heavy atom. The van der Waals surface area contributed by atoms with Crippen LogP contribution in [0.4, 0.5) is 0 Å². The van der Waals surface area contributed by atoms with Gasteiger partial charge in [-0.2, -0.15) is 0 Å². The third-order valence-electron chi connectivity index (χ3n) is 2.95. The molecule has 0 aliphatic carbocycles. The van der Waals surface area contributed by atoms with Gasteiger partial charge >= 0.3 is 0 Å². The van der Waals surface area contributed by atoms with Gasteiger partial charge in [-0.1, -0.05) is 49.9 Å². The summed E-state index contributed by atoms with van der Waals surface area (Å²) in [5.41, 5.74) is 4.13. The summed E-state index contributed by atoms with van der Waals surface area (Å²) in [6, 6.07) is 7.98. The summed E-state index contributed by atoms with van der Waals surface area (Å²) in [6.07, 6.45) is 2.50. The number of methoxy groups -OCH3 is 1. The lowest BCUT2D eigenvalue weighted by molar-refractivity contribution is 0.411. The molecule has 1 aromatic carbocycles. The fourth-order valence-electron chi connectivity index (χ4n) is 1.90. The second kappa shape index (κ2) is 7.14. The van der Waals surface area contributed by atoms with Gasteiger partial charge in [-0.3, -0.25) is 0 Å². The third kappa shape index (κ3) is 5.87. The number of hydrogen-bond donors (Lipinski definition) is 0. The van der Waals surface area contributed by atoms with E-state index in [-0.39, 0.29) is 0 Å². The SMILES string of the molecule is COc1cc(CCC[Si]C[Si](C)(C)C)ccc1C. The molecule has 18 heavy (non-hydrogen) atoms. The molecule has 0 saturated carbocycles. The van der Waals surface area contributed by atoms with Crippen LogP contribution in [0.5, 0.6) is 5.75 Å². The van der Waals surface area contributed by atoms with Crippen LogP contribution in [0.3, 0.4) is 0 Å². The molecule has 0 atom stereocenters. The second-order valence-corrected chi connectivity index (χ2v) is 13.7.